The molecule has 0 bridgehead atoms. The maximum absolute atomic E-state index is 14.5. The standard InChI is InChI=1S/C27H21F4N5O4/c1-25(24(32)38)13-40-22-16(25)11-20(36-21(22)14-4-6-15(28)7-5-14)26(39,27(29,30)31)12-34-23(37)19-9-8-17-18(35-19)3-2-10-33-17/h2-11,39H,12-13H2,1H3,(H2,32,38)(H,34,37)/t25-,26-/m0/s1. The number of amides is 2. The second kappa shape index (κ2) is 9.52. The SMILES string of the molecule is C[C@]1(C(N)=O)COc2c1cc([C@@](O)(CNC(=O)c1ccc3ncccc3n1)C(F)(F)F)nc2-c1ccc(F)cc1. The van der Waals surface area contributed by atoms with Crippen molar-refractivity contribution in [1.29, 1.82) is 0 Å². The third kappa shape index (κ3) is 4.47. The Hall–Kier alpha value is -4.65. The number of aliphatic hydroxyl groups is 1. The van der Waals surface area contributed by atoms with Crippen LogP contribution >= 0.6 is 0 Å². The van der Waals surface area contributed by atoms with E-state index < -0.39 is 47.1 Å². The van der Waals surface area contributed by atoms with Crippen LogP contribution in [-0.4, -0.2) is 51.2 Å². The first kappa shape index (κ1) is 26.9. The molecule has 9 nitrogen and oxygen atoms in total. The average molecular weight is 555 g/mol. The van der Waals surface area contributed by atoms with Gasteiger partial charge in [-0.05, 0) is 61.5 Å². The number of nitrogens with two attached hydrogens (primary N) is 1. The van der Waals surface area contributed by atoms with Crippen LogP contribution in [0.5, 0.6) is 5.75 Å². The van der Waals surface area contributed by atoms with Crippen molar-refractivity contribution >= 4 is 22.8 Å². The molecule has 0 aliphatic carbocycles. The van der Waals surface area contributed by atoms with Gasteiger partial charge in [-0.1, -0.05) is 0 Å². The van der Waals surface area contributed by atoms with Gasteiger partial charge in [0, 0.05) is 17.3 Å². The van der Waals surface area contributed by atoms with Gasteiger partial charge in [-0.2, -0.15) is 13.2 Å². The molecule has 3 aromatic heterocycles. The van der Waals surface area contributed by atoms with Crippen molar-refractivity contribution in [3.63, 3.8) is 0 Å². The molecular weight excluding hydrogens is 534 g/mol. The summed E-state index contributed by atoms with van der Waals surface area (Å²) in [7, 11) is 0. The molecule has 5 rings (SSSR count). The number of nitrogens with one attached hydrogen (secondary N) is 1. The second-order valence-electron chi connectivity index (χ2n) is 9.50. The fourth-order valence-electron chi connectivity index (χ4n) is 4.32. The van der Waals surface area contributed by atoms with Crippen LogP contribution in [0.3, 0.4) is 0 Å². The van der Waals surface area contributed by atoms with Crippen LogP contribution in [0, 0.1) is 5.82 Å². The normalized spacial score (nSPS) is 18.1. The van der Waals surface area contributed by atoms with E-state index in [2.05, 4.69) is 20.3 Å². The van der Waals surface area contributed by atoms with E-state index in [-0.39, 0.29) is 34.9 Å². The van der Waals surface area contributed by atoms with Gasteiger partial charge < -0.3 is 20.9 Å². The van der Waals surface area contributed by atoms with Crippen LogP contribution < -0.4 is 15.8 Å². The number of carbonyl (C=O) groups is 2. The van der Waals surface area contributed by atoms with E-state index in [4.69, 9.17) is 10.5 Å². The monoisotopic (exact) mass is 555 g/mol. The highest BCUT2D eigenvalue weighted by molar-refractivity contribution is 5.94. The van der Waals surface area contributed by atoms with Gasteiger partial charge in [-0.25, -0.2) is 14.4 Å². The summed E-state index contributed by atoms with van der Waals surface area (Å²) < 4.78 is 62.7. The van der Waals surface area contributed by atoms with E-state index >= 15 is 0 Å². The van der Waals surface area contributed by atoms with Crippen molar-refractivity contribution < 1.29 is 37.0 Å². The summed E-state index contributed by atoms with van der Waals surface area (Å²) in [6, 6.07) is 11.5. The molecule has 1 aromatic carbocycles. The first-order chi connectivity index (χ1) is 18.8. The van der Waals surface area contributed by atoms with Gasteiger partial charge in [0.2, 0.25) is 11.5 Å². The number of hydrogen-bond donors (Lipinski definition) is 3. The summed E-state index contributed by atoms with van der Waals surface area (Å²) in [5.74, 6) is -2.50. The first-order valence-corrected chi connectivity index (χ1v) is 11.9. The predicted molar refractivity (Wildman–Crippen MR) is 133 cm³/mol. The Kier molecular flexibility index (Phi) is 6.41. The molecule has 0 unspecified atom stereocenters. The molecule has 0 saturated carbocycles. The lowest BCUT2D eigenvalue weighted by Crippen LogP contribution is -2.52. The molecule has 2 amide bonds. The lowest BCUT2D eigenvalue weighted by molar-refractivity contribution is -0.265. The fraction of sp³-hybridized carbons (Fsp3) is 0.222. The first-order valence-electron chi connectivity index (χ1n) is 11.9. The third-order valence-corrected chi connectivity index (χ3v) is 6.82. The molecule has 1 aliphatic heterocycles. The Bertz CT molecular complexity index is 1650. The number of rotatable bonds is 6. The zero-order chi connectivity index (χ0) is 28.9. The predicted octanol–water partition coefficient (Wildman–Crippen LogP) is 3.15. The van der Waals surface area contributed by atoms with E-state index in [1.807, 2.05) is 0 Å². The Balaban J connectivity index is 1.58. The number of halogens is 4. The van der Waals surface area contributed by atoms with Crippen LogP contribution in [0.2, 0.25) is 0 Å². The molecule has 2 atom stereocenters. The smallest absolute Gasteiger partial charge is 0.424 e. The van der Waals surface area contributed by atoms with Gasteiger partial charge in [0.1, 0.15) is 35.0 Å². The summed E-state index contributed by atoms with van der Waals surface area (Å²) in [4.78, 5) is 37.3. The molecule has 4 heterocycles. The van der Waals surface area contributed by atoms with Gasteiger partial charge >= 0.3 is 6.18 Å². The summed E-state index contributed by atoms with van der Waals surface area (Å²) >= 11 is 0. The van der Waals surface area contributed by atoms with Crippen LogP contribution in [-0.2, 0) is 15.8 Å². The molecule has 0 saturated heterocycles. The Morgan fingerprint density at radius 3 is 2.50 bits per heavy atom. The van der Waals surface area contributed by atoms with Gasteiger partial charge in [0.25, 0.3) is 5.91 Å². The minimum atomic E-state index is -5.34. The molecule has 4 N–H and O–H groups in total. The zero-order valence-corrected chi connectivity index (χ0v) is 20.8. The van der Waals surface area contributed by atoms with Crippen molar-refractivity contribution in [2.24, 2.45) is 5.73 Å². The quantitative estimate of drug-likeness (QED) is 0.311. The molecule has 1 aliphatic rings. The summed E-state index contributed by atoms with van der Waals surface area (Å²) in [6.07, 6.45) is -3.82. The number of hydrogen-bond acceptors (Lipinski definition) is 7. The molecule has 0 fully saturated rings. The highest BCUT2D eigenvalue weighted by Gasteiger charge is 2.57. The maximum Gasteiger partial charge on any atom is 0.424 e. The van der Waals surface area contributed by atoms with Crippen molar-refractivity contribution in [2.45, 2.75) is 24.1 Å². The van der Waals surface area contributed by atoms with E-state index in [0.717, 1.165) is 18.2 Å². The third-order valence-electron chi connectivity index (χ3n) is 6.82. The van der Waals surface area contributed by atoms with E-state index in [1.165, 1.54) is 37.4 Å². The Labute approximate surface area is 224 Å². The van der Waals surface area contributed by atoms with Gasteiger partial charge in [-0.3, -0.25) is 14.6 Å². The van der Waals surface area contributed by atoms with Crippen LogP contribution in [0.1, 0.15) is 28.7 Å². The molecule has 13 heteroatoms. The van der Waals surface area contributed by atoms with Crippen molar-refractivity contribution in [3.8, 4) is 17.0 Å². The number of ether oxygens (including phenoxy) is 1. The van der Waals surface area contributed by atoms with E-state index in [1.54, 1.807) is 12.1 Å². The largest absolute Gasteiger partial charge is 0.489 e. The van der Waals surface area contributed by atoms with Crippen LogP contribution in [0.4, 0.5) is 17.6 Å². The number of benzene rings is 1. The van der Waals surface area contributed by atoms with Crippen molar-refractivity contribution in [3.05, 3.63) is 83.6 Å². The lowest BCUT2D eigenvalue weighted by Gasteiger charge is -2.31. The fourth-order valence-corrected chi connectivity index (χ4v) is 4.32. The second-order valence-corrected chi connectivity index (χ2v) is 9.50. The maximum atomic E-state index is 14.5. The highest BCUT2D eigenvalue weighted by atomic mass is 19.4. The van der Waals surface area contributed by atoms with Gasteiger partial charge in [0.05, 0.1) is 23.3 Å². The molecule has 40 heavy (non-hydrogen) atoms. The topological polar surface area (TPSA) is 140 Å². The lowest BCUT2D eigenvalue weighted by atomic mass is 9.81. The number of primary amides is 1. The number of nitrogens with zero attached hydrogens (tertiary/aromatic N) is 3. The van der Waals surface area contributed by atoms with Crippen LogP contribution in [0.15, 0.2) is 60.8 Å². The Morgan fingerprint density at radius 2 is 1.82 bits per heavy atom. The summed E-state index contributed by atoms with van der Waals surface area (Å²) in [5.41, 5.74) is -0.0661. The Morgan fingerprint density at radius 1 is 1.10 bits per heavy atom. The molecule has 206 valence electrons. The number of carbonyl (C=O) groups excluding carboxylic acids is 2. The number of alkyl halides is 3. The minimum absolute atomic E-state index is 0.0285. The van der Waals surface area contributed by atoms with Gasteiger partial charge in [0.15, 0.2) is 0 Å². The van der Waals surface area contributed by atoms with Crippen molar-refractivity contribution in [2.75, 3.05) is 13.2 Å². The molecule has 4 aromatic rings. The van der Waals surface area contributed by atoms with Gasteiger partial charge in [-0.15, -0.1) is 0 Å². The summed E-state index contributed by atoms with van der Waals surface area (Å²) in [6.45, 7) is -0.250. The molecule has 0 spiro atoms. The number of fused-ring (bicyclic) bond motifs is 2. The van der Waals surface area contributed by atoms with Crippen molar-refractivity contribution in [1.82, 2.24) is 20.3 Å². The van der Waals surface area contributed by atoms with E-state index in [0.29, 0.717) is 11.0 Å². The van der Waals surface area contributed by atoms with E-state index in [9.17, 15) is 32.3 Å². The summed E-state index contributed by atoms with van der Waals surface area (Å²) in [5, 5.41) is 13.2. The average Bonchev–Trinajstić information content (AvgIpc) is 3.28. The van der Waals surface area contributed by atoms with Crippen LogP contribution in [0.25, 0.3) is 22.3 Å². The number of pyridine rings is 3. The zero-order valence-electron chi connectivity index (χ0n) is 20.8. The molecular formula is C27H21F4N5O4. The minimum Gasteiger partial charge on any atom is -0.489 e. The molecule has 0 radical (unpaired) electrons. The number of aromatic nitrogens is 3. The highest BCUT2D eigenvalue weighted by Crippen LogP contribution is 2.47.